The first kappa shape index (κ1) is 17.5. The third kappa shape index (κ3) is 5.39. The molecule has 0 aromatic heterocycles. The van der Waals surface area contributed by atoms with E-state index in [4.69, 9.17) is 16.3 Å². The molecule has 1 saturated carbocycles. The van der Waals surface area contributed by atoms with Crippen molar-refractivity contribution in [2.45, 2.75) is 38.1 Å². The van der Waals surface area contributed by atoms with Crippen LogP contribution in [-0.4, -0.2) is 36.5 Å². The molecule has 0 aliphatic heterocycles. The van der Waals surface area contributed by atoms with Crippen LogP contribution in [0.2, 0.25) is 5.02 Å². The third-order valence-electron chi connectivity index (χ3n) is 4.16. The first-order valence-corrected chi connectivity index (χ1v) is 8.31. The zero-order chi connectivity index (χ0) is 16.7. The number of halogens is 1. The minimum atomic E-state index is -0.546. The Kier molecular flexibility index (Phi) is 6.66. The molecule has 124 valence electrons. The summed E-state index contributed by atoms with van der Waals surface area (Å²) < 4.78 is 5.02. The summed E-state index contributed by atoms with van der Waals surface area (Å²) in [6.45, 7) is -0.224. The predicted molar refractivity (Wildman–Crippen MR) is 91.1 cm³/mol. The van der Waals surface area contributed by atoms with E-state index >= 15 is 0 Å². The Bertz CT molecular complexity index is 579. The maximum absolute atomic E-state index is 12.1. The van der Waals surface area contributed by atoms with Gasteiger partial charge in [-0.05, 0) is 30.5 Å². The van der Waals surface area contributed by atoms with Crippen LogP contribution in [0.3, 0.4) is 0 Å². The van der Waals surface area contributed by atoms with Gasteiger partial charge in [0.2, 0.25) is 0 Å². The van der Waals surface area contributed by atoms with Gasteiger partial charge in [-0.15, -0.1) is 0 Å². The van der Waals surface area contributed by atoms with Crippen LogP contribution in [0.15, 0.2) is 30.3 Å². The van der Waals surface area contributed by atoms with Gasteiger partial charge < -0.3 is 9.64 Å². The molecule has 1 amide bonds. The Morgan fingerprint density at radius 1 is 1.26 bits per heavy atom. The number of esters is 1. The molecule has 1 aliphatic carbocycles. The number of amides is 1. The minimum absolute atomic E-state index is 0.156. The molecule has 0 radical (unpaired) electrons. The van der Waals surface area contributed by atoms with E-state index in [9.17, 15) is 9.59 Å². The van der Waals surface area contributed by atoms with Crippen molar-refractivity contribution in [3.05, 3.63) is 40.9 Å². The molecule has 0 bridgehead atoms. The van der Waals surface area contributed by atoms with Crippen LogP contribution in [0.25, 0.3) is 6.08 Å². The normalized spacial score (nSPS) is 15.6. The standard InChI is InChI=1S/C18H22ClNO3/c1-20(15-8-3-2-4-9-15)17(21)13-23-18(22)12-11-14-7-5-6-10-16(14)19/h5-7,10-12,15H,2-4,8-9,13H2,1H3/b12-11+. The fraction of sp³-hybridized carbons (Fsp3) is 0.444. The van der Waals surface area contributed by atoms with Crippen molar-refractivity contribution in [1.82, 2.24) is 4.90 Å². The van der Waals surface area contributed by atoms with E-state index in [-0.39, 0.29) is 18.6 Å². The van der Waals surface area contributed by atoms with Crippen molar-refractivity contribution in [3.63, 3.8) is 0 Å². The van der Waals surface area contributed by atoms with Crippen LogP contribution in [0.4, 0.5) is 0 Å². The minimum Gasteiger partial charge on any atom is -0.452 e. The molecule has 5 heteroatoms. The molecule has 0 N–H and O–H groups in total. The zero-order valence-electron chi connectivity index (χ0n) is 13.3. The van der Waals surface area contributed by atoms with Gasteiger partial charge in [0.1, 0.15) is 0 Å². The molecular weight excluding hydrogens is 314 g/mol. The highest BCUT2D eigenvalue weighted by Crippen LogP contribution is 2.21. The highest BCUT2D eigenvalue weighted by Gasteiger charge is 2.22. The Balaban J connectivity index is 1.79. The highest BCUT2D eigenvalue weighted by atomic mass is 35.5. The van der Waals surface area contributed by atoms with Gasteiger partial charge in [-0.3, -0.25) is 4.79 Å². The van der Waals surface area contributed by atoms with E-state index in [1.54, 1.807) is 30.2 Å². The van der Waals surface area contributed by atoms with E-state index in [0.29, 0.717) is 5.02 Å². The molecule has 2 rings (SSSR count). The summed E-state index contributed by atoms with van der Waals surface area (Å²) in [6.07, 6.45) is 8.48. The van der Waals surface area contributed by atoms with Gasteiger partial charge in [-0.2, -0.15) is 0 Å². The molecule has 1 aromatic carbocycles. The van der Waals surface area contributed by atoms with Gasteiger partial charge in [-0.25, -0.2) is 4.79 Å². The average Bonchev–Trinajstić information content (AvgIpc) is 2.59. The van der Waals surface area contributed by atoms with Crippen LogP contribution in [-0.2, 0) is 14.3 Å². The number of hydrogen-bond acceptors (Lipinski definition) is 3. The van der Waals surface area contributed by atoms with E-state index < -0.39 is 5.97 Å². The van der Waals surface area contributed by atoms with E-state index in [0.717, 1.165) is 31.2 Å². The molecular formula is C18H22ClNO3. The van der Waals surface area contributed by atoms with Crippen molar-refractivity contribution in [2.24, 2.45) is 0 Å². The third-order valence-corrected chi connectivity index (χ3v) is 4.50. The lowest BCUT2D eigenvalue weighted by Gasteiger charge is -2.31. The number of carbonyl (C=O) groups excluding carboxylic acids is 2. The molecule has 1 fully saturated rings. The zero-order valence-corrected chi connectivity index (χ0v) is 14.1. The Morgan fingerprint density at radius 3 is 2.65 bits per heavy atom. The quantitative estimate of drug-likeness (QED) is 0.609. The Morgan fingerprint density at radius 2 is 1.96 bits per heavy atom. The predicted octanol–water partition coefficient (Wildman–Crippen LogP) is 3.69. The second kappa shape index (κ2) is 8.73. The molecule has 0 saturated heterocycles. The van der Waals surface area contributed by atoms with Crippen molar-refractivity contribution in [3.8, 4) is 0 Å². The summed E-state index contributed by atoms with van der Waals surface area (Å²) in [6, 6.07) is 7.47. The van der Waals surface area contributed by atoms with Crippen LogP contribution in [0, 0.1) is 0 Å². The van der Waals surface area contributed by atoms with Crippen LogP contribution in [0.1, 0.15) is 37.7 Å². The number of likely N-dealkylation sites (N-methyl/N-ethyl adjacent to an activating group) is 1. The molecule has 23 heavy (non-hydrogen) atoms. The SMILES string of the molecule is CN(C(=O)COC(=O)/C=C/c1ccccc1Cl)C1CCCCC1. The van der Waals surface area contributed by atoms with Crippen molar-refractivity contribution >= 4 is 29.6 Å². The van der Waals surface area contributed by atoms with Gasteiger partial charge in [-0.1, -0.05) is 49.1 Å². The van der Waals surface area contributed by atoms with Gasteiger partial charge in [0.05, 0.1) is 0 Å². The van der Waals surface area contributed by atoms with Crippen LogP contribution in [0.5, 0.6) is 0 Å². The van der Waals surface area contributed by atoms with E-state index in [1.165, 1.54) is 12.5 Å². The van der Waals surface area contributed by atoms with Crippen LogP contribution < -0.4 is 0 Å². The number of rotatable bonds is 5. The lowest BCUT2D eigenvalue weighted by Crippen LogP contribution is -2.40. The van der Waals surface area contributed by atoms with Crippen molar-refractivity contribution in [1.29, 1.82) is 0 Å². The summed E-state index contributed by atoms with van der Waals surface area (Å²) in [7, 11) is 1.78. The lowest BCUT2D eigenvalue weighted by molar-refractivity contribution is -0.148. The average molecular weight is 336 g/mol. The van der Waals surface area contributed by atoms with E-state index in [1.807, 2.05) is 12.1 Å². The first-order chi connectivity index (χ1) is 11.1. The molecule has 0 heterocycles. The Hall–Kier alpha value is -1.81. The fourth-order valence-corrected chi connectivity index (χ4v) is 2.92. The maximum atomic E-state index is 12.1. The van der Waals surface area contributed by atoms with Gasteiger partial charge in [0, 0.05) is 24.2 Å². The number of carbonyl (C=O) groups is 2. The number of benzene rings is 1. The monoisotopic (exact) mass is 335 g/mol. The van der Waals surface area contributed by atoms with Gasteiger partial charge in [0.25, 0.3) is 5.91 Å². The lowest BCUT2D eigenvalue weighted by atomic mass is 9.94. The molecule has 4 nitrogen and oxygen atoms in total. The highest BCUT2D eigenvalue weighted by molar-refractivity contribution is 6.32. The second-order valence-electron chi connectivity index (χ2n) is 5.76. The number of ether oxygens (including phenoxy) is 1. The first-order valence-electron chi connectivity index (χ1n) is 7.93. The summed E-state index contributed by atoms with van der Waals surface area (Å²) in [5, 5.41) is 0.560. The molecule has 0 spiro atoms. The summed E-state index contributed by atoms with van der Waals surface area (Å²) in [5.74, 6) is -0.702. The van der Waals surface area contributed by atoms with Crippen molar-refractivity contribution < 1.29 is 14.3 Å². The smallest absolute Gasteiger partial charge is 0.331 e. The molecule has 0 unspecified atom stereocenters. The molecule has 0 atom stereocenters. The number of hydrogen-bond donors (Lipinski definition) is 0. The number of nitrogens with zero attached hydrogens (tertiary/aromatic N) is 1. The maximum Gasteiger partial charge on any atom is 0.331 e. The summed E-state index contributed by atoms with van der Waals surface area (Å²) in [4.78, 5) is 25.5. The molecule has 1 aliphatic rings. The van der Waals surface area contributed by atoms with Crippen molar-refractivity contribution in [2.75, 3.05) is 13.7 Å². The topological polar surface area (TPSA) is 46.6 Å². The fourth-order valence-electron chi connectivity index (χ4n) is 2.72. The largest absolute Gasteiger partial charge is 0.452 e. The van der Waals surface area contributed by atoms with Gasteiger partial charge in [0.15, 0.2) is 6.61 Å². The van der Waals surface area contributed by atoms with Crippen LogP contribution >= 0.6 is 11.6 Å². The second-order valence-corrected chi connectivity index (χ2v) is 6.17. The summed E-state index contributed by atoms with van der Waals surface area (Å²) in [5.41, 5.74) is 0.733. The summed E-state index contributed by atoms with van der Waals surface area (Å²) >= 11 is 6.00. The van der Waals surface area contributed by atoms with E-state index in [2.05, 4.69) is 0 Å². The Labute approximate surface area is 142 Å². The van der Waals surface area contributed by atoms with Gasteiger partial charge >= 0.3 is 5.97 Å². The molecule has 1 aromatic rings.